The summed E-state index contributed by atoms with van der Waals surface area (Å²) in [5.41, 5.74) is -1.05. The summed E-state index contributed by atoms with van der Waals surface area (Å²) in [6.45, 7) is -0.773. The smallest absolute Gasteiger partial charge is 0.338 e. The van der Waals surface area contributed by atoms with Crippen molar-refractivity contribution in [2.24, 2.45) is 0 Å². The number of ether oxygens (including phenoxy) is 4. The third kappa shape index (κ3) is 5.42. The van der Waals surface area contributed by atoms with Crippen LogP contribution in [0.3, 0.4) is 0 Å². The average molecular weight is 597 g/mol. The Morgan fingerprint density at radius 1 is 0.884 bits per heavy atom. The van der Waals surface area contributed by atoms with Crippen LogP contribution in [0.2, 0.25) is 0 Å². The van der Waals surface area contributed by atoms with Crippen molar-refractivity contribution in [3.8, 4) is 40.1 Å². The minimum absolute atomic E-state index is 0.0160. The quantitative estimate of drug-likeness (QED) is 0.169. The minimum Gasteiger partial charge on any atom is -0.508 e. The first-order valence-corrected chi connectivity index (χ1v) is 13.0. The van der Waals surface area contributed by atoms with Crippen LogP contribution in [0.4, 0.5) is 0 Å². The van der Waals surface area contributed by atoms with Gasteiger partial charge in [0.1, 0.15) is 52.8 Å². The fourth-order valence-electron chi connectivity index (χ4n) is 4.97. The second kappa shape index (κ2) is 11.8. The largest absolute Gasteiger partial charge is 0.508 e. The topological polar surface area (TPSA) is 206 Å². The van der Waals surface area contributed by atoms with Crippen molar-refractivity contribution in [2.45, 2.75) is 30.5 Å². The lowest BCUT2D eigenvalue weighted by Gasteiger charge is -2.42. The van der Waals surface area contributed by atoms with Gasteiger partial charge in [0, 0.05) is 17.7 Å². The number of hydrogen-bond donors (Lipinski definition) is 6. The molecular formula is C30H28O13. The van der Waals surface area contributed by atoms with E-state index in [1.54, 1.807) is 0 Å². The van der Waals surface area contributed by atoms with Crippen molar-refractivity contribution >= 4 is 16.9 Å². The maximum atomic E-state index is 13.3. The third-order valence-corrected chi connectivity index (χ3v) is 7.16. The van der Waals surface area contributed by atoms with Gasteiger partial charge < -0.3 is 54.0 Å². The number of esters is 1. The van der Waals surface area contributed by atoms with Crippen LogP contribution in [-0.4, -0.2) is 81.9 Å². The molecule has 13 nitrogen and oxygen atoms in total. The molecule has 0 amide bonds. The predicted molar refractivity (Wildman–Crippen MR) is 148 cm³/mol. The van der Waals surface area contributed by atoms with Crippen LogP contribution in [0.1, 0.15) is 22.0 Å². The van der Waals surface area contributed by atoms with Crippen LogP contribution < -0.4 is 14.9 Å². The standard InChI is InChI=1S/C30H28O13/c1-39-19-8-5-14(9-21(19)40-2)30(38)43-29-26(37)25(36)22(12-31)42-28(29)24-17(34)10-16(33)23-18(35)11-20(41-27(23)24)13-3-6-15(32)7-4-13/h3-11,22,25-26,28-29,31-34,36-37H,12H2,1-2H3/t22-,25+,26-,28-,29-/m0/s1. The van der Waals surface area contributed by atoms with E-state index < -0.39 is 60.0 Å². The monoisotopic (exact) mass is 596 g/mol. The van der Waals surface area contributed by atoms with E-state index in [-0.39, 0.29) is 39.4 Å². The maximum absolute atomic E-state index is 13.3. The number of carbonyl (C=O) groups excluding carboxylic acids is 1. The number of aliphatic hydroxyl groups excluding tert-OH is 3. The lowest BCUT2D eigenvalue weighted by atomic mass is 9.89. The molecule has 5 atom stereocenters. The maximum Gasteiger partial charge on any atom is 0.338 e. The highest BCUT2D eigenvalue weighted by Crippen LogP contribution is 2.45. The van der Waals surface area contributed by atoms with Gasteiger partial charge in [0.15, 0.2) is 28.6 Å². The molecule has 4 aromatic rings. The summed E-state index contributed by atoms with van der Waals surface area (Å²) in [6.07, 6.45) is -8.34. The van der Waals surface area contributed by atoms with Gasteiger partial charge in [0.25, 0.3) is 0 Å². The Labute approximate surface area is 243 Å². The van der Waals surface area contributed by atoms with Crippen molar-refractivity contribution in [2.75, 3.05) is 20.8 Å². The number of hydrogen-bond acceptors (Lipinski definition) is 13. The van der Waals surface area contributed by atoms with E-state index in [2.05, 4.69) is 0 Å². The lowest BCUT2D eigenvalue weighted by molar-refractivity contribution is -0.231. The van der Waals surface area contributed by atoms with Gasteiger partial charge in [-0.05, 0) is 42.5 Å². The fourth-order valence-corrected chi connectivity index (χ4v) is 4.97. The SMILES string of the molecule is COc1ccc(C(=O)O[C@H]2[C@@H](O)[C@H](O)[C@H](CO)O[C@H]2c2c(O)cc(O)c3c(=O)cc(-c4ccc(O)cc4)oc23)cc1OC. The summed E-state index contributed by atoms with van der Waals surface area (Å²) >= 11 is 0. The van der Waals surface area contributed by atoms with Gasteiger partial charge in [0.2, 0.25) is 0 Å². The van der Waals surface area contributed by atoms with E-state index in [1.807, 2.05) is 0 Å². The molecule has 6 N–H and O–H groups in total. The average Bonchev–Trinajstić information content (AvgIpc) is 2.99. The summed E-state index contributed by atoms with van der Waals surface area (Å²) in [4.78, 5) is 26.4. The Kier molecular flexibility index (Phi) is 8.15. The second-order valence-electron chi connectivity index (χ2n) is 9.75. The molecule has 0 unspecified atom stereocenters. The Morgan fingerprint density at radius 2 is 1.58 bits per heavy atom. The molecule has 5 rings (SSSR count). The molecule has 0 saturated carbocycles. The van der Waals surface area contributed by atoms with Crippen molar-refractivity contribution in [1.29, 1.82) is 0 Å². The first kappa shape index (κ1) is 29.7. The van der Waals surface area contributed by atoms with Crippen molar-refractivity contribution in [3.05, 3.63) is 75.9 Å². The zero-order valence-electron chi connectivity index (χ0n) is 22.8. The molecule has 2 heterocycles. The molecule has 1 fully saturated rings. The number of methoxy groups -OCH3 is 2. The number of phenolic OH excluding ortho intramolecular Hbond substituents is 3. The molecule has 0 bridgehead atoms. The van der Waals surface area contributed by atoms with E-state index in [9.17, 15) is 40.2 Å². The normalized spacial score (nSPS) is 21.8. The summed E-state index contributed by atoms with van der Waals surface area (Å²) in [5, 5.41) is 62.5. The van der Waals surface area contributed by atoms with Crippen molar-refractivity contribution < 1.29 is 58.8 Å². The fraction of sp³-hybridized carbons (Fsp3) is 0.267. The zero-order chi connectivity index (χ0) is 31.0. The number of fused-ring (bicyclic) bond motifs is 1. The molecule has 1 aromatic heterocycles. The Bertz CT molecular complexity index is 1710. The van der Waals surface area contributed by atoms with Crippen LogP contribution in [0.25, 0.3) is 22.3 Å². The molecule has 3 aromatic carbocycles. The Morgan fingerprint density at radius 3 is 2.23 bits per heavy atom. The Balaban J connectivity index is 1.66. The minimum atomic E-state index is -1.85. The highest BCUT2D eigenvalue weighted by molar-refractivity contribution is 5.91. The van der Waals surface area contributed by atoms with Crippen molar-refractivity contribution in [3.63, 3.8) is 0 Å². The number of aromatic hydroxyl groups is 3. The summed E-state index contributed by atoms with van der Waals surface area (Å²) < 4.78 is 27.8. The lowest BCUT2D eigenvalue weighted by Crippen LogP contribution is -2.56. The first-order chi connectivity index (χ1) is 20.6. The van der Waals surface area contributed by atoms with Crippen LogP contribution in [0.5, 0.6) is 28.7 Å². The van der Waals surface area contributed by atoms with Gasteiger partial charge in [-0.1, -0.05) is 0 Å². The zero-order valence-corrected chi connectivity index (χ0v) is 22.8. The molecule has 1 aliphatic heterocycles. The van der Waals surface area contributed by atoms with Crippen LogP contribution >= 0.6 is 0 Å². The number of carbonyl (C=O) groups is 1. The van der Waals surface area contributed by atoms with Gasteiger partial charge >= 0.3 is 5.97 Å². The summed E-state index contributed by atoms with van der Waals surface area (Å²) in [5.74, 6) is -1.79. The number of benzene rings is 3. The molecule has 43 heavy (non-hydrogen) atoms. The molecule has 1 aliphatic rings. The van der Waals surface area contributed by atoms with E-state index in [1.165, 1.54) is 56.7 Å². The molecule has 1 saturated heterocycles. The van der Waals surface area contributed by atoms with Gasteiger partial charge in [0.05, 0.1) is 32.0 Å². The van der Waals surface area contributed by atoms with E-state index in [0.717, 1.165) is 12.1 Å². The van der Waals surface area contributed by atoms with Gasteiger partial charge in [-0.25, -0.2) is 4.79 Å². The van der Waals surface area contributed by atoms with Crippen molar-refractivity contribution in [1.82, 2.24) is 0 Å². The van der Waals surface area contributed by atoms with E-state index in [0.29, 0.717) is 11.3 Å². The molecule has 0 aliphatic carbocycles. The molecular weight excluding hydrogens is 568 g/mol. The number of aliphatic hydroxyl groups is 3. The van der Waals surface area contributed by atoms with Crippen LogP contribution in [0, 0.1) is 0 Å². The highest BCUT2D eigenvalue weighted by Gasteiger charge is 2.49. The molecule has 0 spiro atoms. The van der Waals surface area contributed by atoms with Crippen LogP contribution in [-0.2, 0) is 9.47 Å². The van der Waals surface area contributed by atoms with E-state index in [4.69, 9.17) is 23.4 Å². The van der Waals surface area contributed by atoms with E-state index >= 15 is 0 Å². The van der Waals surface area contributed by atoms with Gasteiger partial charge in [-0.3, -0.25) is 4.79 Å². The summed E-state index contributed by atoms with van der Waals surface area (Å²) in [7, 11) is 2.78. The Hall–Kier alpha value is -4.82. The second-order valence-corrected chi connectivity index (χ2v) is 9.75. The molecule has 0 radical (unpaired) electrons. The predicted octanol–water partition coefficient (Wildman–Crippen LogP) is 1.97. The molecule has 226 valence electrons. The molecule has 13 heteroatoms. The van der Waals surface area contributed by atoms with Gasteiger partial charge in [-0.15, -0.1) is 0 Å². The summed E-state index contributed by atoms with van der Waals surface area (Å²) in [6, 6.07) is 11.8. The van der Waals surface area contributed by atoms with Gasteiger partial charge in [-0.2, -0.15) is 0 Å². The number of phenols is 3. The number of rotatable bonds is 7. The highest BCUT2D eigenvalue weighted by atomic mass is 16.6. The first-order valence-electron chi connectivity index (χ1n) is 13.0. The van der Waals surface area contributed by atoms with Crippen LogP contribution in [0.15, 0.2) is 63.8 Å². The third-order valence-electron chi connectivity index (χ3n) is 7.16.